The quantitative estimate of drug-likeness (QED) is 0.241. The van der Waals surface area contributed by atoms with E-state index in [1.165, 1.54) is 23.4 Å². The lowest BCUT2D eigenvalue weighted by Gasteiger charge is -2.31. The molecule has 0 bridgehead atoms. The molecule has 4 aromatic rings. The van der Waals surface area contributed by atoms with Gasteiger partial charge in [-0.15, -0.1) is 0 Å². The molecule has 0 saturated carbocycles. The van der Waals surface area contributed by atoms with Gasteiger partial charge in [-0.3, -0.25) is 4.90 Å². The number of likely N-dealkylation sites (tertiary alicyclic amines) is 1. The monoisotopic (exact) mass is 530 g/mol. The number of piperidine rings is 1. The van der Waals surface area contributed by atoms with Crippen molar-refractivity contribution in [2.24, 2.45) is 0 Å². The Morgan fingerprint density at radius 2 is 1.77 bits per heavy atom. The molecule has 1 aliphatic rings. The number of benzene rings is 2. The van der Waals surface area contributed by atoms with Gasteiger partial charge in [0.25, 0.3) is 0 Å². The standard InChI is InChI=1S/C32H39FN4O2/c1-4-36(5-2)18-19-39-26-9-6-23(7-10-26)22-37-16-13-24(14-17-37)30-21-29-27(12-15-34-32(29)35-30)28-20-25(33)8-11-31(28)38-3/h6-12,15,20-21,24H,4-5,13-14,16-19,22H2,1-3H3,(H,34,35). The minimum atomic E-state index is -0.281. The number of hydrogen-bond acceptors (Lipinski definition) is 5. The zero-order valence-corrected chi connectivity index (χ0v) is 23.3. The van der Waals surface area contributed by atoms with Crippen molar-refractivity contribution in [2.45, 2.75) is 39.2 Å². The van der Waals surface area contributed by atoms with E-state index in [2.05, 4.69) is 63.9 Å². The molecule has 6 nitrogen and oxygen atoms in total. The number of halogens is 1. The van der Waals surface area contributed by atoms with E-state index in [1.54, 1.807) is 19.4 Å². The molecule has 39 heavy (non-hydrogen) atoms. The van der Waals surface area contributed by atoms with E-state index in [-0.39, 0.29) is 5.82 Å². The van der Waals surface area contributed by atoms with Crippen LogP contribution >= 0.6 is 0 Å². The van der Waals surface area contributed by atoms with Crippen molar-refractivity contribution in [3.8, 4) is 22.6 Å². The Morgan fingerprint density at radius 1 is 1.00 bits per heavy atom. The number of aromatic nitrogens is 2. The first-order chi connectivity index (χ1) is 19.1. The molecule has 2 aromatic heterocycles. The minimum Gasteiger partial charge on any atom is -0.496 e. The summed E-state index contributed by atoms with van der Waals surface area (Å²) in [6, 6.07) is 17.3. The first-order valence-corrected chi connectivity index (χ1v) is 14.1. The summed E-state index contributed by atoms with van der Waals surface area (Å²) in [6.07, 6.45) is 3.93. The molecule has 206 valence electrons. The Bertz CT molecular complexity index is 1360. The molecule has 0 amide bonds. The average molecular weight is 531 g/mol. The molecule has 2 aromatic carbocycles. The van der Waals surface area contributed by atoms with Gasteiger partial charge in [0.15, 0.2) is 0 Å². The molecular weight excluding hydrogens is 491 g/mol. The zero-order chi connectivity index (χ0) is 27.2. The molecule has 3 heterocycles. The van der Waals surface area contributed by atoms with Gasteiger partial charge < -0.3 is 19.4 Å². The van der Waals surface area contributed by atoms with Crippen molar-refractivity contribution >= 4 is 11.0 Å². The fraction of sp³-hybridized carbons (Fsp3) is 0.406. The summed E-state index contributed by atoms with van der Waals surface area (Å²) in [4.78, 5) is 13.0. The first kappa shape index (κ1) is 27.2. The largest absolute Gasteiger partial charge is 0.496 e. The average Bonchev–Trinajstić information content (AvgIpc) is 3.41. The smallest absolute Gasteiger partial charge is 0.138 e. The van der Waals surface area contributed by atoms with E-state index < -0.39 is 0 Å². The molecule has 0 spiro atoms. The van der Waals surface area contributed by atoms with E-state index in [4.69, 9.17) is 9.47 Å². The topological polar surface area (TPSA) is 53.6 Å². The Morgan fingerprint density at radius 3 is 2.49 bits per heavy atom. The van der Waals surface area contributed by atoms with Crippen molar-refractivity contribution in [1.82, 2.24) is 19.8 Å². The number of rotatable bonds is 11. The van der Waals surface area contributed by atoms with Crippen LogP contribution in [0.1, 0.15) is 43.9 Å². The Labute approximate surface area is 230 Å². The number of aromatic amines is 1. The van der Waals surface area contributed by atoms with Gasteiger partial charge in [-0.1, -0.05) is 26.0 Å². The van der Waals surface area contributed by atoms with Gasteiger partial charge in [-0.2, -0.15) is 0 Å². The second kappa shape index (κ2) is 12.6. The summed E-state index contributed by atoms with van der Waals surface area (Å²) < 4.78 is 25.5. The van der Waals surface area contributed by atoms with Crippen molar-refractivity contribution in [2.75, 3.05) is 46.4 Å². The number of ether oxygens (including phenoxy) is 2. The predicted molar refractivity (Wildman–Crippen MR) is 155 cm³/mol. The van der Waals surface area contributed by atoms with Gasteiger partial charge in [-0.25, -0.2) is 9.37 Å². The lowest BCUT2D eigenvalue weighted by molar-refractivity contribution is 0.203. The Balaban J connectivity index is 1.19. The minimum absolute atomic E-state index is 0.281. The van der Waals surface area contributed by atoms with Gasteiger partial charge in [0.2, 0.25) is 0 Å². The molecule has 1 N–H and O–H groups in total. The fourth-order valence-electron chi connectivity index (χ4n) is 5.58. The van der Waals surface area contributed by atoms with E-state index in [0.29, 0.717) is 11.7 Å². The first-order valence-electron chi connectivity index (χ1n) is 14.1. The molecule has 0 unspecified atom stereocenters. The third kappa shape index (κ3) is 6.43. The van der Waals surface area contributed by atoms with Crippen LogP contribution in [0.4, 0.5) is 4.39 Å². The summed E-state index contributed by atoms with van der Waals surface area (Å²) in [7, 11) is 1.61. The van der Waals surface area contributed by atoms with Crippen LogP contribution < -0.4 is 9.47 Å². The molecule has 0 atom stereocenters. The maximum atomic E-state index is 14.1. The highest BCUT2D eigenvalue weighted by molar-refractivity contribution is 5.95. The molecule has 7 heteroatoms. The van der Waals surface area contributed by atoms with Crippen LogP contribution in [-0.2, 0) is 6.54 Å². The normalized spacial score (nSPS) is 14.8. The summed E-state index contributed by atoms with van der Waals surface area (Å²) in [5.74, 6) is 1.75. The third-order valence-electron chi connectivity index (χ3n) is 7.93. The van der Waals surface area contributed by atoms with Gasteiger partial charge in [0.05, 0.1) is 7.11 Å². The van der Waals surface area contributed by atoms with Gasteiger partial charge in [0, 0.05) is 41.8 Å². The van der Waals surface area contributed by atoms with Crippen molar-refractivity contribution in [3.63, 3.8) is 0 Å². The maximum absolute atomic E-state index is 14.1. The van der Waals surface area contributed by atoms with E-state index >= 15 is 0 Å². The molecule has 1 fully saturated rings. The lowest BCUT2D eigenvalue weighted by atomic mass is 9.93. The lowest BCUT2D eigenvalue weighted by Crippen LogP contribution is -2.32. The highest BCUT2D eigenvalue weighted by Crippen LogP contribution is 2.37. The molecule has 0 aliphatic carbocycles. The molecule has 5 rings (SSSR count). The summed E-state index contributed by atoms with van der Waals surface area (Å²) in [5.41, 5.74) is 5.01. The predicted octanol–water partition coefficient (Wildman–Crippen LogP) is 6.48. The molecule has 1 saturated heterocycles. The Kier molecular flexibility index (Phi) is 8.79. The zero-order valence-electron chi connectivity index (χ0n) is 23.3. The van der Waals surface area contributed by atoms with Gasteiger partial charge >= 0.3 is 0 Å². The van der Waals surface area contributed by atoms with Crippen LogP contribution in [0.25, 0.3) is 22.2 Å². The highest BCUT2D eigenvalue weighted by atomic mass is 19.1. The molecular formula is C32H39FN4O2. The SMILES string of the molecule is CCN(CC)CCOc1ccc(CN2CCC(c3cc4c(-c5cc(F)ccc5OC)ccnc4[nH]3)CC2)cc1. The molecule has 1 aliphatic heterocycles. The second-order valence-corrected chi connectivity index (χ2v) is 10.3. The van der Waals surface area contributed by atoms with Crippen molar-refractivity contribution in [1.29, 1.82) is 0 Å². The van der Waals surface area contributed by atoms with Crippen LogP contribution in [0.2, 0.25) is 0 Å². The number of likely N-dealkylation sites (N-methyl/N-ethyl adjacent to an activating group) is 1. The number of methoxy groups -OCH3 is 1. The van der Waals surface area contributed by atoms with Crippen LogP contribution in [0.15, 0.2) is 60.8 Å². The van der Waals surface area contributed by atoms with Gasteiger partial charge in [-0.05, 0) is 92.6 Å². The number of pyridine rings is 1. The van der Waals surface area contributed by atoms with E-state index in [0.717, 1.165) is 86.6 Å². The number of hydrogen-bond donors (Lipinski definition) is 1. The maximum Gasteiger partial charge on any atom is 0.138 e. The second-order valence-electron chi connectivity index (χ2n) is 10.3. The summed E-state index contributed by atoms with van der Waals surface area (Å²) >= 11 is 0. The summed E-state index contributed by atoms with van der Waals surface area (Å²) in [5, 5.41) is 0.998. The van der Waals surface area contributed by atoms with Crippen molar-refractivity contribution in [3.05, 3.63) is 77.9 Å². The van der Waals surface area contributed by atoms with Gasteiger partial charge in [0.1, 0.15) is 29.6 Å². The fourth-order valence-corrected chi connectivity index (χ4v) is 5.58. The van der Waals surface area contributed by atoms with Crippen molar-refractivity contribution < 1.29 is 13.9 Å². The van der Waals surface area contributed by atoms with Crippen LogP contribution in [-0.4, -0.2) is 66.2 Å². The number of nitrogens with one attached hydrogen (secondary N) is 1. The summed E-state index contributed by atoms with van der Waals surface area (Å²) in [6.45, 7) is 11.2. The third-order valence-corrected chi connectivity index (χ3v) is 7.93. The molecule has 0 radical (unpaired) electrons. The highest BCUT2D eigenvalue weighted by Gasteiger charge is 2.23. The number of H-pyrrole nitrogens is 1. The van der Waals surface area contributed by atoms with Crippen LogP contribution in [0.5, 0.6) is 11.5 Å². The van der Waals surface area contributed by atoms with E-state index in [1.807, 2.05) is 6.07 Å². The number of fused-ring (bicyclic) bond motifs is 1. The van der Waals surface area contributed by atoms with Crippen LogP contribution in [0, 0.1) is 5.82 Å². The van der Waals surface area contributed by atoms with Crippen LogP contribution in [0.3, 0.4) is 0 Å². The van der Waals surface area contributed by atoms with E-state index in [9.17, 15) is 4.39 Å². The Hall–Kier alpha value is -3.42. The number of nitrogens with zero attached hydrogens (tertiary/aromatic N) is 3.